The van der Waals surface area contributed by atoms with Crippen molar-refractivity contribution in [2.45, 2.75) is 0 Å². The lowest BCUT2D eigenvalue weighted by Gasteiger charge is -2.05. The third-order valence-electron chi connectivity index (χ3n) is 1.81. The molecule has 13 heavy (non-hydrogen) atoms. The number of ether oxygens (including phenoxy) is 1. The zero-order valence-corrected chi connectivity index (χ0v) is 10.5. The lowest BCUT2D eigenvalue weighted by Crippen LogP contribution is -1.86. The quantitative estimate of drug-likeness (QED) is 0.716. The first-order chi connectivity index (χ1) is 6.24. The fourth-order valence-electron chi connectivity index (χ4n) is 1.19. The molecule has 0 atom stereocenters. The van der Waals surface area contributed by atoms with Crippen LogP contribution in [0.1, 0.15) is 0 Å². The van der Waals surface area contributed by atoms with E-state index in [4.69, 9.17) is 16.3 Å². The van der Waals surface area contributed by atoms with Crippen LogP contribution in [0.2, 0.25) is 5.02 Å². The standard InChI is InChI=1S/C9H6ClIOS/c1-12-7-4-6(10)9-5(8(7)11)2-3-13-9/h2-4H,1H3. The molecule has 0 fully saturated rings. The van der Waals surface area contributed by atoms with E-state index in [9.17, 15) is 0 Å². The first kappa shape index (κ1) is 9.55. The van der Waals surface area contributed by atoms with Crippen LogP contribution >= 0.6 is 45.5 Å². The van der Waals surface area contributed by atoms with Crippen molar-refractivity contribution in [2.75, 3.05) is 7.11 Å². The van der Waals surface area contributed by atoms with Gasteiger partial charge in [-0.1, -0.05) is 11.6 Å². The molecular weight excluding hydrogens is 319 g/mol. The Balaban J connectivity index is 2.85. The minimum atomic E-state index is 0.766. The molecular formula is C9H6ClIOS. The highest BCUT2D eigenvalue weighted by Gasteiger charge is 2.09. The van der Waals surface area contributed by atoms with Crippen molar-refractivity contribution in [3.8, 4) is 5.75 Å². The van der Waals surface area contributed by atoms with Gasteiger partial charge in [0.25, 0.3) is 0 Å². The van der Waals surface area contributed by atoms with Crippen molar-refractivity contribution in [1.82, 2.24) is 0 Å². The molecule has 0 bridgehead atoms. The molecule has 0 radical (unpaired) electrons. The molecule has 0 spiro atoms. The zero-order valence-electron chi connectivity index (χ0n) is 6.80. The summed E-state index contributed by atoms with van der Waals surface area (Å²) in [4.78, 5) is 0. The Morgan fingerprint density at radius 2 is 2.31 bits per heavy atom. The fourth-order valence-corrected chi connectivity index (χ4v) is 3.34. The summed E-state index contributed by atoms with van der Waals surface area (Å²) in [5, 5.41) is 3.98. The number of rotatable bonds is 1. The van der Waals surface area contributed by atoms with Crippen LogP contribution in [-0.4, -0.2) is 7.11 Å². The highest BCUT2D eigenvalue weighted by molar-refractivity contribution is 14.1. The van der Waals surface area contributed by atoms with Gasteiger partial charge in [-0.2, -0.15) is 0 Å². The van der Waals surface area contributed by atoms with Crippen LogP contribution in [0, 0.1) is 3.57 Å². The Morgan fingerprint density at radius 3 is 3.00 bits per heavy atom. The number of fused-ring (bicyclic) bond motifs is 1. The van der Waals surface area contributed by atoms with Crippen LogP contribution in [0.3, 0.4) is 0 Å². The smallest absolute Gasteiger partial charge is 0.134 e. The minimum absolute atomic E-state index is 0.766. The molecule has 2 aromatic rings. The molecule has 0 aliphatic rings. The Morgan fingerprint density at radius 1 is 1.54 bits per heavy atom. The Labute approximate surface area is 98.8 Å². The molecule has 0 saturated heterocycles. The molecule has 0 aliphatic heterocycles. The van der Waals surface area contributed by atoms with E-state index in [2.05, 4.69) is 28.7 Å². The first-order valence-electron chi connectivity index (χ1n) is 3.63. The maximum Gasteiger partial charge on any atom is 0.134 e. The van der Waals surface area contributed by atoms with Gasteiger partial charge in [0.2, 0.25) is 0 Å². The summed E-state index contributed by atoms with van der Waals surface area (Å²) in [5.41, 5.74) is 0. The van der Waals surface area contributed by atoms with Gasteiger partial charge < -0.3 is 4.74 Å². The Bertz CT molecular complexity index is 452. The molecule has 1 aromatic heterocycles. The average molecular weight is 325 g/mol. The van der Waals surface area contributed by atoms with Crippen molar-refractivity contribution in [3.63, 3.8) is 0 Å². The summed E-state index contributed by atoms with van der Waals surface area (Å²) in [6, 6.07) is 3.93. The second kappa shape index (κ2) is 3.63. The fraction of sp³-hybridized carbons (Fsp3) is 0.111. The van der Waals surface area contributed by atoms with Gasteiger partial charge in [0.15, 0.2) is 0 Å². The van der Waals surface area contributed by atoms with Gasteiger partial charge in [0, 0.05) is 11.5 Å². The van der Waals surface area contributed by atoms with E-state index >= 15 is 0 Å². The van der Waals surface area contributed by atoms with Gasteiger partial charge in [-0.25, -0.2) is 0 Å². The molecule has 68 valence electrons. The van der Waals surface area contributed by atoms with E-state index in [1.165, 1.54) is 5.39 Å². The lowest BCUT2D eigenvalue weighted by atomic mass is 10.2. The molecule has 0 saturated carbocycles. The van der Waals surface area contributed by atoms with Crippen molar-refractivity contribution < 1.29 is 4.74 Å². The van der Waals surface area contributed by atoms with E-state index in [1.807, 2.05) is 11.4 Å². The SMILES string of the molecule is COc1cc(Cl)c2sccc2c1I. The second-order valence-corrected chi connectivity index (χ2v) is 4.94. The molecule has 1 aromatic carbocycles. The molecule has 0 N–H and O–H groups in total. The van der Waals surface area contributed by atoms with E-state index in [-0.39, 0.29) is 0 Å². The van der Waals surface area contributed by atoms with Crippen LogP contribution in [0.5, 0.6) is 5.75 Å². The highest BCUT2D eigenvalue weighted by atomic mass is 127. The lowest BCUT2D eigenvalue weighted by molar-refractivity contribution is 0.412. The van der Waals surface area contributed by atoms with Gasteiger partial charge >= 0.3 is 0 Å². The first-order valence-corrected chi connectivity index (χ1v) is 5.97. The maximum atomic E-state index is 6.08. The summed E-state index contributed by atoms with van der Waals surface area (Å²) in [6.07, 6.45) is 0. The summed E-state index contributed by atoms with van der Waals surface area (Å²) in [6.45, 7) is 0. The van der Waals surface area contributed by atoms with Crippen LogP contribution in [0.25, 0.3) is 10.1 Å². The third-order valence-corrected chi connectivity index (χ3v) is 4.28. The number of hydrogen-bond donors (Lipinski definition) is 0. The maximum absolute atomic E-state index is 6.08. The molecule has 1 heterocycles. The van der Waals surface area contributed by atoms with Gasteiger partial charge in [0.1, 0.15) is 5.75 Å². The van der Waals surface area contributed by atoms with Gasteiger partial charge in [-0.3, -0.25) is 0 Å². The van der Waals surface area contributed by atoms with Crippen molar-refractivity contribution >= 4 is 55.6 Å². The van der Waals surface area contributed by atoms with Crippen LogP contribution < -0.4 is 4.74 Å². The predicted molar refractivity (Wildman–Crippen MR) is 66.1 cm³/mol. The average Bonchev–Trinajstić information content (AvgIpc) is 2.60. The molecule has 0 unspecified atom stereocenters. The molecule has 0 aliphatic carbocycles. The van der Waals surface area contributed by atoms with E-state index in [0.717, 1.165) is 19.0 Å². The zero-order chi connectivity index (χ0) is 9.42. The monoisotopic (exact) mass is 324 g/mol. The number of halogens is 2. The van der Waals surface area contributed by atoms with Crippen molar-refractivity contribution in [2.24, 2.45) is 0 Å². The van der Waals surface area contributed by atoms with E-state index < -0.39 is 0 Å². The second-order valence-electron chi connectivity index (χ2n) is 2.54. The number of methoxy groups -OCH3 is 1. The third kappa shape index (κ3) is 1.53. The van der Waals surface area contributed by atoms with Crippen LogP contribution in [-0.2, 0) is 0 Å². The summed E-state index contributed by atoms with van der Waals surface area (Å²) in [5.74, 6) is 0.844. The van der Waals surface area contributed by atoms with Crippen LogP contribution in [0.15, 0.2) is 17.5 Å². The molecule has 4 heteroatoms. The Kier molecular flexibility index (Phi) is 2.67. The Hall–Kier alpha value is -0.000000000000000111. The van der Waals surface area contributed by atoms with Gasteiger partial charge in [0.05, 0.1) is 20.4 Å². The van der Waals surface area contributed by atoms with Crippen molar-refractivity contribution in [1.29, 1.82) is 0 Å². The predicted octanol–water partition coefficient (Wildman–Crippen LogP) is 4.17. The van der Waals surface area contributed by atoms with Crippen molar-refractivity contribution in [3.05, 3.63) is 26.1 Å². The summed E-state index contributed by atoms with van der Waals surface area (Å²) in [7, 11) is 1.66. The van der Waals surface area contributed by atoms with Gasteiger partial charge in [-0.15, -0.1) is 11.3 Å². The molecule has 2 rings (SSSR count). The molecule has 1 nitrogen and oxygen atoms in total. The summed E-state index contributed by atoms with van der Waals surface area (Å²) >= 11 is 10.0. The summed E-state index contributed by atoms with van der Waals surface area (Å²) < 4.78 is 7.47. The van der Waals surface area contributed by atoms with Gasteiger partial charge in [-0.05, 0) is 34.0 Å². The largest absolute Gasteiger partial charge is 0.496 e. The van der Waals surface area contributed by atoms with Crippen LogP contribution in [0.4, 0.5) is 0 Å². The number of hydrogen-bond acceptors (Lipinski definition) is 2. The topological polar surface area (TPSA) is 9.23 Å². The number of benzene rings is 1. The normalized spacial score (nSPS) is 10.7. The van der Waals surface area contributed by atoms with E-state index in [1.54, 1.807) is 18.4 Å². The number of thiophene rings is 1. The highest BCUT2D eigenvalue weighted by Crippen LogP contribution is 2.37. The molecule has 0 amide bonds. The van der Waals surface area contributed by atoms with E-state index in [0.29, 0.717) is 0 Å². The minimum Gasteiger partial charge on any atom is -0.496 e.